The molecule has 0 N–H and O–H groups in total. The van der Waals surface area contributed by atoms with Crippen LogP contribution >= 0.6 is 0 Å². The predicted molar refractivity (Wildman–Crippen MR) is 271 cm³/mol. The predicted octanol–water partition coefficient (Wildman–Crippen LogP) is 14.9. The van der Waals surface area contributed by atoms with E-state index in [1.54, 1.807) is 0 Å². The highest BCUT2D eigenvalue weighted by Gasteiger charge is 2.48. The summed E-state index contributed by atoms with van der Waals surface area (Å²) in [5, 5.41) is 7.40. The molecule has 5 heteroatoms. The van der Waals surface area contributed by atoms with Crippen LogP contribution in [0.4, 0.5) is 11.5 Å². The lowest BCUT2D eigenvalue weighted by Crippen LogP contribution is -2.39. The van der Waals surface area contributed by atoms with Crippen molar-refractivity contribution in [1.29, 1.82) is 0 Å². The van der Waals surface area contributed by atoms with Gasteiger partial charge in [-0.1, -0.05) is 146 Å². The van der Waals surface area contributed by atoms with Gasteiger partial charge in [0.25, 0.3) is 0 Å². The average Bonchev–Trinajstić information content (AvgIpc) is 4.07. The first-order chi connectivity index (χ1) is 32.1. The Morgan fingerprint density at radius 3 is 1.68 bits per heavy atom. The van der Waals surface area contributed by atoms with E-state index in [2.05, 4.69) is 250 Å². The summed E-state index contributed by atoms with van der Waals surface area (Å²) in [5.41, 5.74) is 14.8. The van der Waals surface area contributed by atoms with Crippen molar-refractivity contribution >= 4 is 76.9 Å². The Kier molecular flexibility index (Phi) is 7.53. The number of pyridine rings is 1. The van der Waals surface area contributed by atoms with Crippen LogP contribution in [-0.2, 0) is 5.41 Å². The molecule has 0 amide bonds. The van der Waals surface area contributed by atoms with E-state index in [0.717, 1.165) is 34.1 Å². The lowest BCUT2D eigenvalue weighted by atomic mass is 9.76. The lowest BCUT2D eigenvalue weighted by molar-refractivity contribution is 0.549. The fourth-order valence-corrected chi connectivity index (χ4v) is 11.4. The zero-order chi connectivity index (χ0) is 42.8. The van der Waals surface area contributed by atoms with E-state index in [4.69, 9.17) is 4.98 Å². The van der Waals surface area contributed by atoms with Gasteiger partial charge in [-0.3, -0.25) is 0 Å². The third-order valence-electron chi connectivity index (χ3n) is 14.2. The molecule has 2 aliphatic rings. The van der Waals surface area contributed by atoms with Crippen LogP contribution < -0.4 is 4.90 Å². The SMILES string of the molecule is CC12C=CC=CC1N(c1cccc(-c3ccccc3)n1)c1c2ccc2c1c1ccccc1n2-c1cccc(-n2c3ccccc3c3cc4c(cc32)c2ccccc2n4-c2ccccc2)c1. The van der Waals surface area contributed by atoms with E-state index < -0.39 is 0 Å². The van der Waals surface area contributed by atoms with Crippen molar-refractivity contribution in [1.82, 2.24) is 18.7 Å². The smallest absolute Gasteiger partial charge is 0.134 e. The van der Waals surface area contributed by atoms with Crippen LogP contribution in [0.3, 0.4) is 0 Å². The van der Waals surface area contributed by atoms with Gasteiger partial charge in [-0.15, -0.1) is 0 Å². The first-order valence-electron chi connectivity index (χ1n) is 22.5. The maximum Gasteiger partial charge on any atom is 0.134 e. The molecular formula is C60H41N5. The molecule has 12 aromatic rings. The number of hydrogen-bond acceptors (Lipinski definition) is 2. The Morgan fingerprint density at radius 1 is 0.431 bits per heavy atom. The highest BCUT2D eigenvalue weighted by Crippen LogP contribution is 2.55. The summed E-state index contributed by atoms with van der Waals surface area (Å²) in [4.78, 5) is 7.90. The van der Waals surface area contributed by atoms with E-state index in [1.807, 2.05) is 0 Å². The van der Waals surface area contributed by atoms with Gasteiger partial charge in [0, 0.05) is 60.4 Å². The van der Waals surface area contributed by atoms with Gasteiger partial charge < -0.3 is 18.6 Å². The van der Waals surface area contributed by atoms with Crippen LogP contribution in [0.25, 0.3) is 93.7 Å². The topological polar surface area (TPSA) is 30.9 Å². The Hall–Kier alpha value is -8.41. The highest BCUT2D eigenvalue weighted by molar-refractivity contribution is 6.20. The number of hydrogen-bond donors (Lipinski definition) is 0. The summed E-state index contributed by atoms with van der Waals surface area (Å²) >= 11 is 0. The summed E-state index contributed by atoms with van der Waals surface area (Å²) in [6.07, 6.45) is 9.13. The number of anilines is 2. The minimum absolute atomic E-state index is 0.0561. The van der Waals surface area contributed by atoms with Crippen LogP contribution in [0.1, 0.15) is 12.5 Å². The van der Waals surface area contributed by atoms with Crippen LogP contribution in [0, 0.1) is 0 Å². The van der Waals surface area contributed by atoms with Crippen molar-refractivity contribution in [3.63, 3.8) is 0 Å². The Morgan fingerprint density at radius 2 is 0.985 bits per heavy atom. The first kappa shape index (κ1) is 36.1. The number of para-hydroxylation sites is 4. The number of benzene rings is 8. The first-order valence-corrected chi connectivity index (χ1v) is 22.5. The standard InChI is InChI=1S/C60H41N5/c1-60-35-15-14-31-56(60)65(57-32-17-27-49(61-57)39-18-4-2-5-19-39)59-48(60)33-34-53-58(59)45-26-10-13-30-52(45)63(53)41-22-16-23-42(36-41)64-51-29-12-9-25-44(51)47-37-54-46(38-55(47)64)43-24-8-11-28-50(43)62(54)40-20-6-3-7-21-40/h2-38,56H,1H3. The van der Waals surface area contributed by atoms with Crippen LogP contribution in [-0.4, -0.2) is 24.7 Å². The molecule has 0 saturated carbocycles. The van der Waals surface area contributed by atoms with Crippen molar-refractivity contribution in [2.45, 2.75) is 18.4 Å². The Balaban J connectivity index is 1.00. The minimum Gasteiger partial charge on any atom is -0.317 e. The summed E-state index contributed by atoms with van der Waals surface area (Å²) < 4.78 is 7.34. The van der Waals surface area contributed by atoms with Gasteiger partial charge in [-0.05, 0) is 91.3 Å². The van der Waals surface area contributed by atoms with Gasteiger partial charge in [0.05, 0.1) is 50.5 Å². The van der Waals surface area contributed by atoms with Crippen molar-refractivity contribution in [2.24, 2.45) is 0 Å². The third kappa shape index (κ3) is 5.06. The van der Waals surface area contributed by atoms with Crippen molar-refractivity contribution in [3.05, 3.63) is 230 Å². The largest absolute Gasteiger partial charge is 0.317 e. The molecule has 0 bridgehead atoms. The zero-order valence-corrected chi connectivity index (χ0v) is 35.7. The zero-order valence-electron chi connectivity index (χ0n) is 35.7. The van der Waals surface area contributed by atoms with Crippen molar-refractivity contribution < 1.29 is 0 Å². The van der Waals surface area contributed by atoms with Crippen LogP contribution in [0.5, 0.6) is 0 Å². The fourth-order valence-electron chi connectivity index (χ4n) is 11.4. The molecule has 0 saturated heterocycles. The minimum atomic E-state index is -0.249. The normalized spacial score (nSPS) is 16.8. The second kappa shape index (κ2) is 13.5. The van der Waals surface area contributed by atoms with Gasteiger partial charge in [0.2, 0.25) is 0 Å². The van der Waals surface area contributed by atoms with Gasteiger partial charge in [0.1, 0.15) is 5.82 Å². The summed E-state index contributed by atoms with van der Waals surface area (Å²) in [7, 11) is 0. The molecule has 5 nitrogen and oxygen atoms in total. The molecule has 0 radical (unpaired) electrons. The molecular weight excluding hydrogens is 791 g/mol. The average molecular weight is 832 g/mol. The molecule has 8 aromatic carbocycles. The van der Waals surface area contributed by atoms with Gasteiger partial charge >= 0.3 is 0 Å². The Bertz CT molecular complexity index is 3980. The molecule has 14 rings (SSSR count). The van der Waals surface area contributed by atoms with E-state index >= 15 is 0 Å². The second-order valence-corrected chi connectivity index (χ2v) is 17.7. The van der Waals surface area contributed by atoms with Gasteiger partial charge in [0.15, 0.2) is 0 Å². The number of aromatic nitrogens is 4. The second-order valence-electron chi connectivity index (χ2n) is 17.7. The van der Waals surface area contributed by atoms with Crippen molar-refractivity contribution in [3.8, 4) is 28.3 Å². The molecule has 2 unspecified atom stereocenters. The van der Waals surface area contributed by atoms with E-state index in [0.29, 0.717) is 0 Å². The number of rotatable bonds is 5. The molecule has 2 atom stereocenters. The van der Waals surface area contributed by atoms with Crippen LogP contribution in [0.15, 0.2) is 224 Å². The summed E-state index contributed by atoms with van der Waals surface area (Å²) in [6.45, 7) is 2.38. The van der Waals surface area contributed by atoms with Crippen LogP contribution in [0.2, 0.25) is 0 Å². The molecule has 1 aliphatic heterocycles. The number of allylic oxidation sites excluding steroid dienone is 2. The number of fused-ring (bicyclic) bond motifs is 13. The maximum absolute atomic E-state index is 5.40. The summed E-state index contributed by atoms with van der Waals surface area (Å²) in [6, 6.07) is 73.0. The fraction of sp³-hybridized carbons (Fsp3) is 0.0500. The molecule has 0 fully saturated rings. The summed E-state index contributed by atoms with van der Waals surface area (Å²) in [5.74, 6) is 0.944. The molecule has 306 valence electrons. The molecule has 4 aromatic heterocycles. The van der Waals surface area contributed by atoms with Gasteiger partial charge in [-0.2, -0.15) is 0 Å². The quantitative estimate of drug-likeness (QED) is 0.173. The van der Waals surface area contributed by atoms with E-state index in [-0.39, 0.29) is 11.5 Å². The Labute approximate surface area is 375 Å². The molecule has 1 aliphatic carbocycles. The highest BCUT2D eigenvalue weighted by atomic mass is 15.3. The van der Waals surface area contributed by atoms with Gasteiger partial charge in [-0.25, -0.2) is 4.98 Å². The molecule has 65 heavy (non-hydrogen) atoms. The van der Waals surface area contributed by atoms with Crippen molar-refractivity contribution in [2.75, 3.05) is 4.90 Å². The lowest BCUT2D eigenvalue weighted by Gasteiger charge is -2.34. The molecule has 5 heterocycles. The molecule has 0 spiro atoms. The monoisotopic (exact) mass is 831 g/mol. The van der Waals surface area contributed by atoms with E-state index in [1.165, 1.54) is 76.7 Å². The third-order valence-corrected chi connectivity index (χ3v) is 14.2. The number of nitrogens with zero attached hydrogens (tertiary/aromatic N) is 5. The maximum atomic E-state index is 5.40. The van der Waals surface area contributed by atoms with E-state index in [9.17, 15) is 0 Å².